The molecule has 1 aliphatic carbocycles. The van der Waals surface area contributed by atoms with Crippen LogP contribution in [0.4, 0.5) is 4.39 Å². The van der Waals surface area contributed by atoms with Crippen LogP contribution in [-0.4, -0.2) is 0 Å². The summed E-state index contributed by atoms with van der Waals surface area (Å²) in [5, 5.41) is 0. The predicted octanol–water partition coefficient (Wildman–Crippen LogP) is 7.64. The van der Waals surface area contributed by atoms with Crippen molar-refractivity contribution in [1.29, 1.82) is 0 Å². The first kappa shape index (κ1) is 18.9. The maximum absolute atomic E-state index is 13.7. The average molecular weight is 351 g/mol. The van der Waals surface area contributed by atoms with Gasteiger partial charge >= 0.3 is 0 Å². The normalized spacial score (nSPS) is 17.4. The molecule has 0 spiro atoms. The Morgan fingerprint density at radius 2 is 1.81 bits per heavy atom. The van der Waals surface area contributed by atoms with E-state index in [0.29, 0.717) is 11.8 Å². The van der Waals surface area contributed by atoms with Crippen molar-refractivity contribution in [1.82, 2.24) is 0 Å². The smallest absolute Gasteiger partial charge is 0.123 e. The second-order valence-corrected chi connectivity index (χ2v) is 7.87. The molecule has 0 aromatic heterocycles. The van der Waals surface area contributed by atoms with E-state index in [1.165, 1.54) is 41.5 Å². The monoisotopic (exact) mass is 350 g/mol. The van der Waals surface area contributed by atoms with Gasteiger partial charge in [0.05, 0.1) is 0 Å². The topological polar surface area (TPSA) is 0 Å². The highest BCUT2D eigenvalue weighted by Crippen LogP contribution is 2.48. The summed E-state index contributed by atoms with van der Waals surface area (Å²) in [7, 11) is 0. The van der Waals surface area contributed by atoms with Gasteiger partial charge < -0.3 is 0 Å². The minimum Gasteiger partial charge on any atom is -0.207 e. The molecule has 0 saturated carbocycles. The molecule has 26 heavy (non-hydrogen) atoms. The Labute approximate surface area is 158 Å². The van der Waals surface area contributed by atoms with Gasteiger partial charge in [-0.1, -0.05) is 70.0 Å². The van der Waals surface area contributed by atoms with Gasteiger partial charge in [0.15, 0.2) is 0 Å². The van der Waals surface area contributed by atoms with E-state index in [1.807, 2.05) is 6.07 Å². The van der Waals surface area contributed by atoms with E-state index in [-0.39, 0.29) is 5.82 Å². The summed E-state index contributed by atoms with van der Waals surface area (Å²) in [5.41, 5.74) is 6.63. The molecular weight excluding hydrogens is 319 g/mol. The van der Waals surface area contributed by atoms with Crippen molar-refractivity contribution in [3.63, 3.8) is 0 Å². The zero-order valence-electron chi connectivity index (χ0n) is 16.4. The minimum atomic E-state index is -0.120. The number of allylic oxidation sites excluding steroid dienone is 2. The highest BCUT2D eigenvalue weighted by atomic mass is 19.1. The molecule has 138 valence electrons. The molecule has 1 heteroatoms. The Balaban J connectivity index is 1.69. The Morgan fingerprint density at radius 3 is 2.50 bits per heavy atom. The van der Waals surface area contributed by atoms with Gasteiger partial charge in [-0.2, -0.15) is 0 Å². The molecule has 3 rings (SSSR count). The van der Waals surface area contributed by atoms with E-state index in [4.69, 9.17) is 0 Å². The lowest BCUT2D eigenvalue weighted by atomic mass is 9.70. The summed E-state index contributed by atoms with van der Waals surface area (Å²) in [4.78, 5) is 0. The third-order valence-electron chi connectivity index (χ3n) is 5.62. The first-order valence-corrected chi connectivity index (χ1v) is 10.2. The van der Waals surface area contributed by atoms with Crippen LogP contribution in [0.15, 0.2) is 48.5 Å². The molecule has 0 bridgehead atoms. The van der Waals surface area contributed by atoms with Crippen LogP contribution in [-0.2, 0) is 6.42 Å². The standard InChI is InChI=1S/C25H31F/c1-4-5-6-7-8-22-23(24-16-14-21(26)17-25(22)24)15-11-19-9-12-20(13-10-19)18(2)3/h8-10,12-14,16-18,23H,4-7,11,15H2,1-3H3. The van der Waals surface area contributed by atoms with Crippen LogP contribution in [0.1, 0.15) is 87.0 Å². The van der Waals surface area contributed by atoms with E-state index < -0.39 is 0 Å². The van der Waals surface area contributed by atoms with Crippen molar-refractivity contribution < 1.29 is 4.39 Å². The van der Waals surface area contributed by atoms with Crippen molar-refractivity contribution in [2.45, 2.75) is 71.1 Å². The zero-order valence-corrected chi connectivity index (χ0v) is 16.4. The van der Waals surface area contributed by atoms with E-state index in [2.05, 4.69) is 51.1 Å². The lowest BCUT2D eigenvalue weighted by Crippen LogP contribution is -2.17. The van der Waals surface area contributed by atoms with E-state index in [0.717, 1.165) is 24.8 Å². The fourth-order valence-electron chi connectivity index (χ4n) is 3.96. The molecule has 0 fully saturated rings. The molecule has 2 aromatic rings. The van der Waals surface area contributed by atoms with E-state index >= 15 is 0 Å². The average Bonchev–Trinajstić information content (AvgIpc) is 2.63. The number of hydrogen-bond acceptors (Lipinski definition) is 0. The second-order valence-electron chi connectivity index (χ2n) is 7.87. The van der Waals surface area contributed by atoms with E-state index in [9.17, 15) is 4.39 Å². The van der Waals surface area contributed by atoms with Gasteiger partial charge in [-0.25, -0.2) is 4.39 Å². The number of unbranched alkanes of at least 4 members (excludes halogenated alkanes) is 3. The molecule has 0 saturated heterocycles. The minimum absolute atomic E-state index is 0.120. The number of fused-ring (bicyclic) bond motifs is 1. The molecule has 0 aliphatic heterocycles. The van der Waals surface area contributed by atoms with Gasteiger partial charge in [-0.15, -0.1) is 0 Å². The third-order valence-corrected chi connectivity index (χ3v) is 5.62. The van der Waals surface area contributed by atoms with Gasteiger partial charge in [0, 0.05) is 5.92 Å². The van der Waals surface area contributed by atoms with Crippen molar-refractivity contribution in [3.8, 4) is 0 Å². The molecule has 0 amide bonds. The predicted molar refractivity (Wildman–Crippen MR) is 110 cm³/mol. The summed E-state index contributed by atoms with van der Waals surface area (Å²) in [5.74, 6) is 0.929. The van der Waals surface area contributed by atoms with Crippen molar-refractivity contribution in [2.24, 2.45) is 0 Å². The second kappa shape index (κ2) is 8.66. The molecule has 1 unspecified atom stereocenters. The fourth-order valence-corrected chi connectivity index (χ4v) is 3.96. The highest BCUT2D eigenvalue weighted by molar-refractivity contribution is 5.83. The number of rotatable bonds is 8. The quantitative estimate of drug-likeness (QED) is 0.429. The molecule has 1 atom stereocenters. The Morgan fingerprint density at radius 1 is 1.04 bits per heavy atom. The van der Waals surface area contributed by atoms with Gasteiger partial charge in [0.25, 0.3) is 0 Å². The number of benzene rings is 2. The largest absolute Gasteiger partial charge is 0.207 e. The summed E-state index contributed by atoms with van der Waals surface area (Å²) in [6.07, 6.45) is 9.40. The summed E-state index contributed by atoms with van der Waals surface area (Å²) in [6.45, 7) is 6.69. The molecule has 1 aliphatic rings. The van der Waals surface area contributed by atoms with Crippen LogP contribution >= 0.6 is 0 Å². The van der Waals surface area contributed by atoms with E-state index in [1.54, 1.807) is 12.1 Å². The van der Waals surface area contributed by atoms with Gasteiger partial charge in [0.1, 0.15) is 5.82 Å². The zero-order chi connectivity index (χ0) is 18.5. The fraction of sp³-hybridized carbons (Fsp3) is 0.440. The molecule has 0 radical (unpaired) electrons. The van der Waals surface area contributed by atoms with Crippen LogP contribution < -0.4 is 0 Å². The highest BCUT2D eigenvalue weighted by Gasteiger charge is 2.31. The molecular formula is C25H31F. The van der Waals surface area contributed by atoms with Gasteiger partial charge in [-0.05, 0) is 71.6 Å². The molecule has 0 nitrogen and oxygen atoms in total. The van der Waals surface area contributed by atoms with Crippen LogP contribution in [0.25, 0.3) is 5.57 Å². The SMILES string of the molecule is CCCCCC=C1c2cc(F)ccc2C1CCc1ccc(C(C)C)cc1. The Bertz CT molecular complexity index is 752. The summed E-state index contributed by atoms with van der Waals surface area (Å²) < 4.78 is 13.7. The van der Waals surface area contributed by atoms with Gasteiger partial charge in [-0.3, -0.25) is 0 Å². The molecule has 2 aromatic carbocycles. The number of hydrogen-bond donors (Lipinski definition) is 0. The van der Waals surface area contributed by atoms with Crippen molar-refractivity contribution >= 4 is 5.57 Å². The Hall–Kier alpha value is -1.89. The third kappa shape index (κ3) is 4.26. The molecule has 0 N–H and O–H groups in total. The first-order valence-electron chi connectivity index (χ1n) is 10.2. The Kier molecular flexibility index (Phi) is 6.29. The first-order chi connectivity index (χ1) is 12.6. The maximum Gasteiger partial charge on any atom is 0.123 e. The molecule has 0 heterocycles. The summed E-state index contributed by atoms with van der Waals surface area (Å²) >= 11 is 0. The van der Waals surface area contributed by atoms with Crippen molar-refractivity contribution in [2.75, 3.05) is 0 Å². The van der Waals surface area contributed by atoms with Crippen LogP contribution in [0.3, 0.4) is 0 Å². The summed E-state index contributed by atoms with van der Waals surface area (Å²) in [6, 6.07) is 14.4. The van der Waals surface area contributed by atoms with Gasteiger partial charge in [0.2, 0.25) is 0 Å². The van der Waals surface area contributed by atoms with Crippen LogP contribution in [0, 0.1) is 5.82 Å². The van der Waals surface area contributed by atoms with Crippen LogP contribution in [0.5, 0.6) is 0 Å². The number of aryl methyl sites for hydroxylation is 1. The van der Waals surface area contributed by atoms with Crippen molar-refractivity contribution in [3.05, 3.63) is 76.6 Å². The lowest BCUT2D eigenvalue weighted by Gasteiger charge is -2.34. The number of halogens is 1. The van der Waals surface area contributed by atoms with Crippen LogP contribution in [0.2, 0.25) is 0 Å². The lowest BCUT2D eigenvalue weighted by molar-refractivity contribution is 0.620. The maximum atomic E-state index is 13.7.